The van der Waals surface area contributed by atoms with E-state index >= 15 is 0 Å². The van der Waals surface area contributed by atoms with Crippen LogP contribution in [0.4, 0.5) is 11.4 Å². The average molecular weight is 274 g/mol. The van der Waals surface area contributed by atoms with Gasteiger partial charge in [0.1, 0.15) is 11.4 Å². The van der Waals surface area contributed by atoms with E-state index < -0.39 is 0 Å². The molecule has 1 saturated carbocycles. The molecule has 0 amide bonds. The fourth-order valence-corrected chi connectivity index (χ4v) is 3.53. The van der Waals surface area contributed by atoms with Crippen molar-refractivity contribution >= 4 is 11.4 Å². The van der Waals surface area contributed by atoms with Crippen LogP contribution in [0.5, 0.6) is 5.75 Å². The molecule has 1 aromatic carbocycles. The number of benzene rings is 1. The second-order valence-electron chi connectivity index (χ2n) is 6.48. The van der Waals surface area contributed by atoms with Crippen molar-refractivity contribution in [3.05, 3.63) is 17.7 Å². The summed E-state index contributed by atoms with van der Waals surface area (Å²) in [7, 11) is 0. The monoisotopic (exact) mass is 274 g/mol. The molecule has 4 heteroatoms. The Balaban J connectivity index is 1.64. The van der Waals surface area contributed by atoms with Crippen LogP contribution in [0.15, 0.2) is 12.1 Å². The van der Waals surface area contributed by atoms with Gasteiger partial charge in [-0.2, -0.15) is 0 Å². The highest BCUT2D eigenvalue weighted by atomic mass is 16.5. The number of anilines is 2. The zero-order valence-electron chi connectivity index (χ0n) is 12.0. The van der Waals surface area contributed by atoms with Crippen LogP contribution in [0.3, 0.4) is 0 Å². The fourth-order valence-electron chi connectivity index (χ4n) is 3.53. The van der Waals surface area contributed by atoms with Gasteiger partial charge >= 0.3 is 0 Å². The standard InChI is InChI=1S/C16H22N2O2/c1-16(12-2-3-12)10-11-8-13(17)14(9-15(11)20-16)18-4-6-19-7-5-18/h8-9,12H,2-7,10,17H2,1H3. The summed E-state index contributed by atoms with van der Waals surface area (Å²) < 4.78 is 11.7. The largest absolute Gasteiger partial charge is 0.487 e. The lowest BCUT2D eigenvalue weighted by molar-refractivity contribution is 0.0908. The Labute approximate surface area is 119 Å². The minimum atomic E-state index is -0.00158. The minimum absolute atomic E-state index is 0.00158. The van der Waals surface area contributed by atoms with Gasteiger partial charge in [-0.25, -0.2) is 0 Å². The van der Waals surface area contributed by atoms with Crippen molar-refractivity contribution in [2.45, 2.75) is 31.8 Å². The maximum atomic E-state index is 6.29. The minimum Gasteiger partial charge on any atom is -0.487 e. The molecular formula is C16H22N2O2. The third-order valence-corrected chi connectivity index (χ3v) is 4.89. The summed E-state index contributed by atoms with van der Waals surface area (Å²) in [6.07, 6.45) is 3.60. The number of nitrogen functional groups attached to an aromatic ring is 1. The molecule has 2 fully saturated rings. The molecule has 0 radical (unpaired) electrons. The van der Waals surface area contributed by atoms with E-state index in [-0.39, 0.29) is 5.60 Å². The second-order valence-corrected chi connectivity index (χ2v) is 6.48. The SMILES string of the molecule is CC1(C2CC2)Cc2cc(N)c(N3CCOCC3)cc2O1. The highest BCUT2D eigenvalue weighted by molar-refractivity contribution is 5.72. The first-order chi connectivity index (χ1) is 9.66. The summed E-state index contributed by atoms with van der Waals surface area (Å²) in [5, 5.41) is 0. The van der Waals surface area contributed by atoms with Crippen molar-refractivity contribution in [1.82, 2.24) is 0 Å². The number of morpholine rings is 1. The molecule has 0 bridgehead atoms. The zero-order chi connectivity index (χ0) is 13.7. The third kappa shape index (κ3) is 1.94. The Kier molecular flexibility index (Phi) is 2.64. The molecule has 2 N–H and O–H groups in total. The van der Waals surface area contributed by atoms with Gasteiger partial charge in [0.05, 0.1) is 24.6 Å². The Morgan fingerprint density at radius 1 is 1.25 bits per heavy atom. The molecule has 2 heterocycles. The van der Waals surface area contributed by atoms with Crippen LogP contribution in [-0.2, 0) is 11.2 Å². The van der Waals surface area contributed by atoms with E-state index in [0.29, 0.717) is 0 Å². The number of ether oxygens (including phenoxy) is 2. The number of nitrogens with zero attached hydrogens (tertiary/aromatic N) is 1. The smallest absolute Gasteiger partial charge is 0.125 e. The normalized spacial score (nSPS) is 29.1. The topological polar surface area (TPSA) is 47.7 Å². The van der Waals surface area contributed by atoms with Gasteiger partial charge in [0.25, 0.3) is 0 Å². The van der Waals surface area contributed by atoms with E-state index in [9.17, 15) is 0 Å². The molecule has 3 aliphatic rings. The number of hydrogen-bond donors (Lipinski definition) is 1. The van der Waals surface area contributed by atoms with E-state index in [1.807, 2.05) is 0 Å². The highest BCUT2D eigenvalue weighted by Gasteiger charge is 2.47. The van der Waals surface area contributed by atoms with Crippen molar-refractivity contribution in [3.63, 3.8) is 0 Å². The summed E-state index contributed by atoms with van der Waals surface area (Å²) in [5.41, 5.74) is 9.51. The van der Waals surface area contributed by atoms with E-state index in [0.717, 1.165) is 55.8 Å². The second kappa shape index (κ2) is 4.29. The van der Waals surface area contributed by atoms with Crippen LogP contribution < -0.4 is 15.4 Å². The molecule has 1 saturated heterocycles. The van der Waals surface area contributed by atoms with Crippen molar-refractivity contribution in [2.75, 3.05) is 36.9 Å². The van der Waals surface area contributed by atoms with Crippen LogP contribution in [0.2, 0.25) is 0 Å². The summed E-state index contributed by atoms with van der Waals surface area (Å²) in [4.78, 5) is 2.30. The predicted molar refractivity (Wildman–Crippen MR) is 79.3 cm³/mol. The van der Waals surface area contributed by atoms with Crippen molar-refractivity contribution in [3.8, 4) is 5.75 Å². The molecule has 1 unspecified atom stereocenters. The van der Waals surface area contributed by atoms with Crippen LogP contribution >= 0.6 is 0 Å². The maximum absolute atomic E-state index is 6.29. The Morgan fingerprint density at radius 2 is 2.00 bits per heavy atom. The van der Waals surface area contributed by atoms with Crippen LogP contribution in [-0.4, -0.2) is 31.9 Å². The first-order valence-electron chi connectivity index (χ1n) is 7.60. The molecule has 2 aliphatic heterocycles. The van der Waals surface area contributed by atoms with Crippen molar-refractivity contribution in [2.24, 2.45) is 5.92 Å². The lowest BCUT2D eigenvalue weighted by Gasteiger charge is -2.30. The highest BCUT2D eigenvalue weighted by Crippen LogP contribution is 2.50. The molecule has 108 valence electrons. The van der Waals surface area contributed by atoms with Gasteiger partial charge in [0.15, 0.2) is 0 Å². The number of fused-ring (bicyclic) bond motifs is 1. The van der Waals surface area contributed by atoms with Crippen LogP contribution in [0, 0.1) is 5.92 Å². The molecule has 4 nitrogen and oxygen atoms in total. The fraction of sp³-hybridized carbons (Fsp3) is 0.625. The zero-order valence-corrected chi connectivity index (χ0v) is 12.0. The van der Waals surface area contributed by atoms with Crippen LogP contribution in [0.1, 0.15) is 25.3 Å². The number of hydrogen-bond acceptors (Lipinski definition) is 4. The molecule has 20 heavy (non-hydrogen) atoms. The Morgan fingerprint density at radius 3 is 2.70 bits per heavy atom. The molecule has 1 aliphatic carbocycles. The molecule has 1 aromatic rings. The van der Waals surface area contributed by atoms with E-state index in [1.54, 1.807) is 0 Å². The summed E-state index contributed by atoms with van der Waals surface area (Å²) in [6.45, 7) is 5.61. The summed E-state index contributed by atoms with van der Waals surface area (Å²) in [6, 6.07) is 4.26. The van der Waals surface area contributed by atoms with Gasteiger partial charge < -0.3 is 20.1 Å². The first-order valence-corrected chi connectivity index (χ1v) is 7.60. The van der Waals surface area contributed by atoms with E-state index in [4.69, 9.17) is 15.2 Å². The molecule has 0 aromatic heterocycles. The third-order valence-electron chi connectivity index (χ3n) is 4.89. The van der Waals surface area contributed by atoms with E-state index in [1.165, 1.54) is 18.4 Å². The van der Waals surface area contributed by atoms with Gasteiger partial charge in [-0.05, 0) is 31.7 Å². The quantitative estimate of drug-likeness (QED) is 0.840. The van der Waals surface area contributed by atoms with Gasteiger partial charge in [-0.3, -0.25) is 0 Å². The molecule has 1 atom stereocenters. The van der Waals surface area contributed by atoms with Gasteiger partial charge in [-0.1, -0.05) is 0 Å². The summed E-state index contributed by atoms with van der Waals surface area (Å²) in [5.74, 6) is 1.76. The maximum Gasteiger partial charge on any atom is 0.125 e. The lowest BCUT2D eigenvalue weighted by Crippen LogP contribution is -2.36. The lowest BCUT2D eigenvalue weighted by atomic mass is 9.94. The molecular weight excluding hydrogens is 252 g/mol. The van der Waals surface area contributed by atoms with E-state index in [2.05, 4.69) is 24.0 Å². The molecule has 4 rings (SSSR count). The summed E-state index contributed by atoms with van der Waals surface area (Å²) >= 11 is 0. The van der Waals surface area contributed by atoms with Crippen molar-refractivity contribution in [1.29, 1.82) is 0 Å². The predicted octanol–water partition coefficient (Wildman–Crippen LogP) is 2.21. The number of rotatable bonds is 2. The van der Waals surface area contributed by atoms with Gasteiger partial charge in [-0.15, -0.1) is 0 Å². The molecule has 0 spiro atoms. The van der Waals surface area contributed by atoms with Crippen molar-refractivity contribution < 1.29 is 9.47 Å². The van der Waals surface area contributed by atoms with Crippen LogP contribution in [0.25, 0.3) is 0 Å². The van der Waals surface area contributed by atoms with Gasteiger partial charge in [0.2, 0.25) is 0 Å². The Bertz CT molecular complexity index is 536. The first kappa shape index (κ1) is 12.3. The average Bonchev–Trinajstić information content (AvgIpc) is 3.24. The Hall–Kier alpha value is -1.42. The number of nitrogens with two attached hydrogens (primary N) is 1. The van der Waals surface area contributed by atoms with Gasteiger partial charge in [0, 0.05) is 31.1 Å².